The van der Waals surface area contributed by atoms with Gasteiger partial charge in [-0.1, -0.05) is 5.92 Å². The van der Waals surface area contributed by atoms with Gasteiger partial charge in [-0.2, -0.15) is 13.9 Å². The van der Waals surface area contributed by atoms with Crippen LogP contribution in [0.1, 0.15) is 12.1 Å². The van der Waals surface area contributed by atoms with E-state index in [9.17, 15) is 8.78 Å². The third-order valence-electron chi connectivity index (χ3n) is 1.95. The molecule has 0 saturated heterocycles. The second-order valence-electron chi connectivity index (χ2n) is 2.78. The van der Waals surface area contributed by atoms with Crippen molar-refractivity contribution >= 4 is 10.9 Å². The molecule has 1 heterocycles. The van der Waals surface area contributed by atoms with E-state index >= 15 is 0 Å². The molecular formula is C10H6F2N2. The van der Waals surface area contributed by atoms with Gasteiger partial charge in [0.05, 0.1) is 11.7 Å². The van der Waals surface area contributed by atoms with Gasteiger partial charge in [-0.05, 0) is 18.2 Å². The molecule has 4 heteroatoms. The highest BCUT2D eigenvalue weighted by molar-refractivity contribution is 5.80. The van der Waals surface area contributed by atoms with Gasteiger partial charge in [0.25, 0.3) is 0 Å². The molecule has 2 nitrogen and oxygen atoms in total. The predicted molar refractivity (Wildman–Crippen MR) is 48.9 cm³/mol. The van der Waals surface area contributed by atoms with E-state index < -0.39 is 6.55 Å². The third-order valence-corrected chi connectivity index (χ3v) is 1.95. The molecule has 0 radical (unpaired) electrons. The maximum Gasteiger partial charge on any atom is 0.333 e. The topological polar surface area (TPSA) is 17.8 Å². The van der Waals surface area contributed by atoms with Gasteiger partial charge in [0.1, 0.15) is 0 Å². The maximum atomic E-state index is 12.4. The van der Waals surface area contributed by atoms with E-state index in [-0.39, 0.29) is 0 Å². The molecule has 0 unspecified atom stereocenters. The van der Waals surface area contributed by atoms with Gasteiger partial charge >= 0.3 is 6.55 Å². The molecule has 2 rings (SSSR count). The number of halogens is 2. The van der Waals surface area contributed by atoms with Crippen molar-refractivity contribution in [2.24, 2.45) is 0 Å². The Morgan fingerprint density at radius 1 is 1.43 bits per heavy atom. The molecule has 0 atom stereocenters. The summed E-state index contributed by atoms with van der Waals surface area (Å²) in [7, 11) is 0. The van der Waals surface area contributed by atoms with Crippen molar-refractivity contribution in [3.8, 4) is 12.3 Å². The van der Waals surface area contributed by atoms with Gasteiger partial charge in [0, 0.05) is 10.9 Å². The van der Waals surface area contributed by atoms with Crippen molar-refractivity contribution in [1.29, 1.82) is 0 Å². The summed E-state index contributed by atoms with van der Waals surface area (Å²) in [5, 5.41) is 4.19. The molecule has 2 aromatic rings. The minimum atomic E-state index is -2.62. The van der Waals surface area contributed by atoms with E-state index in [1.807, 2.05) is 0 Å². The van der Waals surface area contributed by atoms with E-state index in [2.05, 4.69) is 11.0 Å². The summed E-state index contributed by atoms with van der Waals surface area (Å²) in [6, 6.07) is 4.81. The van der Waals surface area contributed by atoms with Crippen LogP contribution in [-0.4, -0.2) is 9.78 Å². The van der Waals surface area contributed by atoms with Gasteiger partial charge in [0.2, 0.25) is 0 Å². The van der Waals surface area contributed by atoms with Crippen molar-refractivity contribution in [3.05, 3.63) is 30.0 Å². The minimum Gasteiger partial charge on any atom is -0.204 e. The number of aromatic nitrogens is 2. The summed E-state index contributed by atoms with van der Waals surface area (Å²) in [4.78, 5) is 0. The van der Waals surface area contributed by atoms with Gasteiger partial charge in [0.15, 0.2) is 0 Å². The number of fused-ring (bicyclic) bond motifs is 1. The Morgan fingerprint density at radius 3 is 2.86 bits per heavy atom. The number of terminal acetylenes is 1. The molecule has 0 amide bonds. The van der Waals surface area contributed by atoms with Crippen molar-refractivity contribution in [2.45, 2.75) is 6.55 Å². The molecule has 0 N–H and O–H groups in total. The highest BCUT2D eigenvalue weighted by atomic mass is 19.3. The summed E-state index contributed by atoms with van der Waals surface area (Å²) >= 11 is 0. The number of hydrogen-bond donors (Lipinski definition) is 0. The van der Waals surface area contributed by atoms with E-state index in [4.69, 9.17) is 6.42 Å². The first kappa shape index (κ1) is 8.70. The number of alkyl halides is 2. The highest BCUT2D eigenvalue weighted by Gasteiger charge is 2.10. The SMILES string of the molecule is C#Cc1ccc2c(cnn2C(F)F)c1. The van der Waals surface area contributed by atoms with Gasteiger partial charge in [-0.15, -0.1) is 6.42 Å². The quantitative estimate of drug-likeness (QED) is 0.634. The number of rotatable bonds is 1. The fraction of sp³-hybridized carbons (Fsp3) is 0.100. The Kier molecular flexibility index (Phi) is 1.93. The average Bonchev–Trinajstić information content (AvgIpc) is 2.59. The molecule has 0 aliphatic carbocycles. The van der Waals surface area contributed by atoms with Crippen molar-refractivity contribution in [2.75, 3.05) is 0 Å². The molecule has 70 valence electrons. The lowest BCUT2D eigenvalue weighted by atomic mass is 10.2. The lowest BCUT2D eigenvalue weighted by molar-refractivity contribution is 0.0615. The zero-order valence-electron chi connectivity index (χ0n) is 7.11. The Balaban J connectivity index is 2.67. The average molecular weight is 192 g/mol. The van der Waals surface area contributed by atoms with Crippen molar-refractivity contribution < 1.29 is 8.78 Å². The van der Waals surface area contributed by atoms with Crippen LogP contribution in [0.25, 0.3) is 10.9 Å². The molecule has 0 aliphatic rings. The van der Waals surface area contributed by atoms with Gasteiger partial charge in [-0.25, -0.2) is 4.68 Å². The predicted octanol–water partition coefficient (Wildman–Crippen LogP) is 2.41. The first-order chi connectivity index (χ1) is 6.72. The highest BCUT2D eigenvalue weighted by Crippen LogP contribution is 2.20. The smallest absolute Gasteiger partial charge is 0.204 e. The Hall–Kier alpha value is -1.89. The lowest BCUT2D eigenvalue weighted by Crippen LogP contribution is -1.98. The molecule has 1 aromatic heterocycles. The summed E-state index contributed by atoms with van der Waals surface area (Å²) in [5.41, 5.74) is 1.05. The Labute approximate surface area is 79.1 Å². The standard InChI is InChI=1S/C10H6F2N2/c1-2-7-3-4-9-8(5-7)6-13-14(9)10(11)12/h1,3-6,10H. The van der Waals surface area contributed by atoms with Gasteiger partial charge < -0.3 is 0 Å². The molecule has 0 spiro atoms. The lowest BCUT2D eigenvalue weighted by Gasteiger charge is -2.00. The number of nitrogens with zero attached hydrogens (tertiary/aromatic N) is 2. The van der Waals surface area contributed by atoms with E-state index in [0.717, 1.165) is 0 Å². The van der Waals surface area contributed by atoms with Gasteiger partial charge in [-0.3, -0.25) is 0 Å². The minimum absolute atomic E-state index is 0.388. The maximum absolute atomic E-state index is 12.4. The van der Waals surface area contributed by atoms with Crippen molar-refractivity contribution in [3.63, 3.8) is 0 Å². The van der Waals surface area contributed by atoms with Crippen LogP contribution in [0.5, 0.6) is 0 Å². The first-order valence-corrected chi connectivity index (χ1v) is 3.94. The van der Waals surface area contributed by atoms with E-state index in [1.165, 1.54) is 6.20 Å². The first-order valence-electron chi connectivity index (χ1n) is 3.94. The summed E-state index contributed by atoms with van der Waals surface area (Å²) in [6.45, 7) is -2.62. The molecule has 0 bridgehead atoms. The zero-order valence-corrected chi connectivity index (χ0v) is 7.11. The summed E-state index contributed by atoms with van der Waals surface area (Å²) in [6.07, 6.45) is 6.56. The molecule has 0 saturated carbocycles. The summed E-state index contributed by atoms with van der Waals surface area (Å²) in [5.74, 6) is 2.43. The van der Waals surface area contributed by atoms with Crippen LogP contribution < -0.4 is 0 Å². The zero-order chi connectivity index (χ0) is 10.1. The number of hydrogen-bond acceptors (Lipinski definition) is 1. The van der Waals surface area contributed by atoms with Crippen LogP contribution in [0.4, 0.5) is 8.78 Å². The largest absolute Gasteiger partial charge is 0.333 e. The second-order valence-corrected chi connectivity index (χ2v) is 2.78. The molecule has 14 heavy (non-hydrogen) atoms. The van der Waals surface area contributed by atoms with Crippen LogP contribution in [-0.2, 0) is 0 Å². The van der Waals surface area contributed by atoms with Crippen LogP contribution in [0, 0.1) is 12.3 Å². The van der Waals surface area contributed by atoms with Crippen LogP contribution in [0.15, 0.2) is 24.4 Å². The Morgan fingerprint density at radius 2 is 2.21 bits per heavy atom. The Bertz CT molecular complexity index is 508. The third kappa shape index (κ3) is 1.23. The molecule has 0 aliphatic heterocycles. The molecule has 0 fully saturated rings. The van der Waals surface area contributed by atoms with Crippen LogP contribution >= 0.6 is 0 Å². The second kappa shape index (κ2) is 3.11. The molecular weight excluding hydrogens is 186 g/mol. The van der Waals surface area contributed by atoms with E-state index in [1.54, 1.807) is 18.2 Å². The fourth-order valence-corrected chi connectivity index (χ4v) is 1.30. The van der Waals surface area contributed by atoms with E-state index in [0.29, 0.717) is 21.1 Å². The molecule has 1 aromatic carbocycles. The summed E-state index contributed by atoms with van der Waals surface area (Å²) < 4.78 is 25.4. The fourth-order valence-electron chi connectivity index (χ4n) is 1.30. The van der Waals surface area contributed by atoms with Crippen molar-refractivity contribution in [1.82, 2.24) is 9.78 Å². The van der Waals surface area contributed by atoms with Crippen LogP contribution in [0.2, 0.25) is 0 Å². The normalized spacial score (nSPS) is 10.7. The number of benzene rings is 1. The monoisotopic (exact) mass is 192 g/mol. The van der Waals surface area contributed by atoms with Crippen LogP contribution in [0.3, 0.4) is 0 Å².